The molecule has 110 valence electrons. The van der Waals surface area contributed by atoms with Crippen LogP contribution in [0.15, 0.2) is 0 Å². The molecule has 0 unspecified atom stereocenters. The molecule has 5 nitrogen and oxygen atoms in total. The van der Waals surface area contributed by atoms with Gasteiger partial charge in [0.05, 0.1) is 24.8 Å². The zero-order valence-electron chi connectivity index (χ0n) is 12.3. The van der Waals surface area contributed by atoms with E-state index in [1.165, 1.54) is 4.90 Å². The summed E-state index contributed by atoms with van der Waals surface area (Å²) in [6, 6.07) is 1.53. The van der Waals surface area contributed by atoms with Crippen LogP contribution in [0.1, 0.15) is 33.1 Å². The van der Waals surface area contributed by atoms with Crippen molar-refractivity contribution in [2.75, 3.05) is 19.7 Å². The van der Waals surface area contributed by atoms with Crippen LogP contribution in [0, 0.1) is 23.7 Å². The Bertz CT molecular complexity index is 373. The molecule has 0 spiro atoms. The predicted molar refractivity (Wildman–Crippen MR) is 76.7 cm³/mol. The van der Waals surface area contributed by atoms with Crippen LogP contribution in [0.5, 0.6) is 0 Å². The Kier molecular flexibility index (Phi) is 7.08. The lowest BCUT2D eigenvalue weighted by Crippen LogP contribution is -2.44. The molecule has 1 rings (SSSR count). The zero-order chi connectivity index (χ0) is 15.0. The number of likely N-dealkylation sites (tertiary alicyclic amines) is 1. The normalized spacial score (nSPS) is 21.8. The molecule has 1 aliphatic rings. The molecule has 2 atom stereocenters. The minimum Gasteiger partial charge on any atom is -0.379 e. The van der Waals surface area contributed by atoms with Gasteiger partial charge in [-0.1, -0.05) is 5.92 Å². The minimum atomic E-state index is -0.380. The minimum absolute atomic E-state index is 0.0956. The topological polar surface area (TPSA) is 65.4 Å². The lowest BCUT2D eigenvalue weighted by atomic mass is 10.2. The van der Waals surface area contributed by atoms with E-state index < -0.39 is 0 Å². The molecular weight excluding hydrogens is 254 g/mol. The highest BCUT2D eigenvalue weighted by Crippen LogP contribution is 2.23. The highest BCUT2D eigenvalue weighted by molar-refractivity contribution is 5.80. The molecule has 5 heteroatoms. The fourth-order valence-corrected chi connectivity index (χ4v) is 2.25. The van der Waals surface area contributed by atoms with Gasteiger partial charge in [0.1, 0.15) is 6.04 Å². The van der Waals surface area contributed by atoms with Crippen LogP contribution in [-0.4, -0.2) is 48.7 Å². The van der Waals surface area contributed by atoms with Gasteiger partial charge in [-0.15, -0.1) is 6.42 Å². The fraction of sp³-hybridized carbons (Fsp3) is 0.733. The van der Waals surface area contributed by atoms with E-state index in [2.05, 4.69) is 17.3 Å². The summed E-state index contributed by atoms with van der Waals surface area (Å²) in [4.78, 5) is 13.6. The van der Waals surface area contributed by atoms with Crippen LogP contribution < -0.4 is 5.32 Å². The van der Waals surface area contributed by atoms with Gasteiger partial charge in [0.25, 0.3) is 0 Å². The summed E-state index contributed by atoms with van der Waals surface area (Å²) in [6.45, 7) is 5.59. The van der Waals surface area contributed by atoms with Crippen LogP contribution >= 0.6 is 0 Å². The van der Waals surface area contributed by atoms with Crippen LogP contribution in [0.25, 0.3) is 0 Å². The maximum atomic E-state index is 12.1. The number of carbonyl (C=O) groups is 1. The molecule has 1 N–H and O–H groups in total. The average Bonchev–Trinajstić information content (AvgIpc) is 2.85. The SMILES string of the molecule is C#C[C@@H]1CC[C@@H](C#N)N1C(=O)CNCCCOC(C)C. The molecule has 1 heterocycles. The molecule has 1 amide bonds. The van der Waals surface area contributed by atoms with Crippen LogP contribution in [0.2, 0.25) is 0 Å². The second kappa shape index (κ2) is 8.58. The Balaban J connectivity index is 2.28. The van der Waals surface area contributed by atoms with Gasteiger partial charge in [-0.25, -0.2) is 0 Å². The van der Waals surface area contributed by atoms with Gasteiger partial charge in [0.15, 0.2) is 0 Å². The van der Waals surface area contributed by atoms with E-state index in [0.29, 0.717) is 26.0 Å². The van der Waals surface area contributed by atoms with Gasteiger partial charge in [0.2, 0.25) is 5.91 Å². The maximum Gasteiger partial charge on any atom is 0.238 e. The molecule has 0 radical (unpaired) electrons. The number of nitrogens with one attached hydrogen (secondary N) is 1. The molecule has 0 bridgehead atoms. The highest BCUT2D eigenvalue weighted by atomic mass is 16.5. The van der Waals surface area contributed by atoms with Crippen LogP contribution in [-0.2, 0) is 9.53 Å². The van der Waals surface area contributed by atoms with Gasteiger partial charge in [-0.3, -0.25) is 4.79 Å². The van der Waals surface area contributed by atoms with Gasteiger partial charge in [0, 0.05) is 6.61 Å². The molecular formula is C15H23N3O2. The van der Waals surface area contributed by atoms with Crippen molar-refractivity contribution in [1.82, 2.24) is 10.2 Å². The molecule has 20 heavy (non-hydrogen) atoms. The number of ether oxygens (including phenoxy) is 1. The molecule has 0 aromatic rings. The smallest absolute Gasteiger partial charge is 0.238 e. The van der Waals surface area contributed by atoms with Crippen molar-refractivity contribution in [3.63, 3.8) is 0 Å². The van der Waals surface area contributed by atoms with Crippen molar-refractivity contribution in [2.24, 2.45) is 0 Å². The van der Waals surface area contributed by atoms with E-state index in [4.69, 9.17) is 16.4 Å². The standard InChI is InChI=1S/C15H23N3O2/c1-4-13-6-7-14(10-16)18(13)15(19)11-17-8-5-9-20-12(2)3/h1,12-14,17H,5-9,11H2,2-3H3/t13-,14+/m1/s1. The first-order valence-corrected chi connectivity index (χ1v) is 7.09. The van der Waals surface area contributed by atoms with E-state index in [-0.39, 0.29) is 30.6 Å². The number of rotatable bonds is 7. The first-order chi connectivity index (χ1) is 9.60. The number of amides is 1. The molecule has 0 aromatic heterocycles. The van der Waals surface area contributed by atoms with E-state index >= 15 is 0 Å². The summed E-state index contributed by atoms with van der Waals surface area (Å²) in [5.74, 6) is 2.49. The van der Waals surface area contributed by atoms with E-state index in [0.717, 1.165) is 6.42 Å². The molecule has 0 aliphatic carbocycles. The van der Waals surface area contributed by atoms with Crippen molar-refractivity contribution >= 4 is 5.91 Å². The Hall–Kier alpha value is -1.56. The van der Waals surface area contributed by atoms with Crippen molar-refractivity contribution in [2.45, 2.75) is 51.3 Å². The number of terminal acetylenes is 1. The number of hydrogen-bond acceptors (Lipinski definition) is 4. The summed E-state index contributed by atoms with van der Waals surface area (Å²) in [5, 5.41) is 12.1. The van der Waals surface area contributed by atoms with Crippen molar-refractivity contribution < 1.29 is 9.53 Å². The Morgan fingerprint density at radius 3 is 2.80 bits per heavy atom. The third-order valence-corrected chi connectivity index (χ3v) is 3.24. The molecule has 1 saturated heterocycles. The molecule has 0 aromatic carbocycles. The average molecular weight is 277 g/mol. The van der Waals surface area contributed by atoms with Gasteiger partial charge in [-0.05, 0) is 39.7 Å². The van der Waals surface area contributed by atoms with Crippen LogP contribution in [0.3, 0.4) is 0 Å². The Morgan fingerprint density at radius 1 is 1.50 bits per heavy atom. The second-order valence-corrected chi connectivity index (χ2v) is 5.16. The van der Waals surface area contributed by atoms with Gasteiger partial charge < -0.3 is 15.0 Å². The summed E-state index contributed by atoms with van der Waals surface area (Å²) >= 11 is 0. The van der Waals surface area contributed by atoms with Crippen molar-refractivity contribution in [3.8, 4) is 18.4 Å². The second-order valence-electron chi connectivity index (χ2n) is 5.16. The maximum absolute atomic E-state index is 12.1. The Morgan fingerprint density at radius 2 is 2.20 bits per heavy atom. The van der Waals surface area contributed by atoms with E-state index in [1.54, 1.807) is 0 Å². The van der Waals surface area contributed by atoms with E-state index in [1.807, 2.05) is 13.8 Å². The first-order valence-electron chi connectivity index (χ1n) is 7.09. The number of carbonyl (C=O) groups excluding carboxylic acids is 1. The Labute approximate surface area is 121 Å². The van der Waals surface area contributed by atoms with E-state index in [9.17, 15) is 4.79 Å². The quantitative estimate of drug-likeness (QED) is 0.555. The summed E-state index contributed by atoms with van der Waals surface area (Å²) in [6.07, 6.45) is 7.87. The van der Waals surface area contributed by atoms with Gasteiger partial charge >= 0.3 is 0 Å². The lowest BCUT2D eigenvalue weighted by Gasteiger charge is -2.24. The molecule has 1 aliphatic heterocycles. The zero-order valence-corrected chi connectivity index (χ0v) is 12.3. The lowest BCUT2D eigenvalue weighted by molar-refractivity contribution is -0.131. The third-order valence-electron chi connectivity index (χ3n) is 3.24. The molecule has 1 fully saturated rings. The molecule has 0 saturated carbocycles. The summed E-state index contributed by atoms with van der Waals surface area (Å²) in [5.41, 5.74) is 0. The number of nitriles is 1. The van der Waals surface area contributed by atoms with Crippen LogP contribution in [0.4, 0.5) is 0 Å². The summed E-state index contributed by atoms with van der Waals surface area (Å²) < 4.78 is 5.41. The summed E-state index contributed by atoms with van der Waals surface area (Å²) in [7, 11) is 0. The number of hydrogen-bond donors (Lipinski definition) is 1. The number of nitrogens with zero attached hydrogens (tertiary/aromatic N) is 2. The predicted octanol–water partition coefficient (Wildman–Crippen LogP) is 0.907. The van der Waals surface area contributed by atoms with Crippen molar-refractivity contribution in [3.05, 3.63) is 0 Å². The monoisotopic (exact) mass is 277 g/mol. The largest absolute Gasteiger partial charge is 0.379 e. The fourth-order valence-electron chi connectivity index (χ4n) is 2.25. The van der Waals surface area contributed by atoms with Crippen molar-refractivity contribution in [1.29, 1.82) is 5.26 Å². The highest BCUT2D eigenvalue weighted by Gasteiger charge is 2.35. The van der Waals surface area contributed by atoms with Gasteiger partial charge in [-0.2, -0.15) is 5.26 Å². The first kappa shape index (κ1) is 16.5. The third kappa shape index (κ3) is 4.85.